The summed E-state index contributed by atoms with van der Waals surface area (Å²) < 4.78 is 18.0. The van der Waals surface area contributed by atoms with E-state index in [9.17, 15) is 14.5 Å². The first-order valence-corrected chi connectivity index (χ1v) is 4.25. The highest BCUT2D eigenvalue weighted by molar-refractivity contribution is 5.37. The number of aliphatic hydroxyl groups excluding tert-OH is 1. The summed E-state index contributed by atoms with van der Waals surface area (Å²) in [4.78, 5) is 9.60. The lowest BCUT2D eigenvalue weighted by Gasteiger charge is -2.08. The van der Waals surface area contributed by atoms with Gasteiger partial charge in [-0.05, 0) is 13.0 Å². The van der Waals surface area contributed by atoms with Crippen LogP contribution in [0.15, 0.2) is 18.2 Å². The van der Waals surface area contributed by atoms with Crippen LogP contribution in [0.25, 0.3) is 0 Å². The monoisotopic (exact) mass is 215 g/mol. The van der Waals surface area contributed by atoms with Gasteiger partial charge in [0.2, 0.25) is 0 Å². The second-order valence-corrected chi connectivity index (χ2v) is 3.03. The molecule has 1 aromatic carbocycles. The van der Waals surface area contributed by atoms with Crippen LogP contribution in [0, 0.1) is 15.9 Å². The van der Waals surface area contributed by atoms with Gasteiger partial charge in [0, 0.05) is 6.07 Å². The van der Waals surface area contributed by atoms with Crippen molar-refractivity contribution in [2.24, 2.45) is 0 Å². The molecule has 0 amide bonds. The number of halogens is 1. The second-order valence-electron chi connectivity index (χ2n) is 3.03. The number of aliphatic hydroxyl groups is 1. The van der Waals surface area contributed by atoms with Gasteiger partial charge in [-0.2, -0.15) is 0 Å². The van der Waals surface area contributed by atoms with Crippen LogP contribution in [0.4, 0.5) is 10.1 Å². The number of hydrogen-bond acceptors (Lipinski definition) is 4. The fourth-order valence-electron chi connectivity index (χ4n) is 0.931. The Labute approximate surface area is 85.3 Å². The molecule has 0 fully saturated rings. The highest BCUT2D eigenvalue weighted by Gasteiger charge is 2.11. The Morgan fingerprint density at radius 1 is 1.67 bits per heavy atom. The van der Waals surface area contributed by atoms with Gasteiger partial charge in [0.05, 0.1) is 17.1 Å². The van der Waals surface area contributed by atoms with Gasteiger partial charge in [-0.25, -0.2) is 4.39 Å². The average molecular weight is 215 g/mol. The Morgan fingerprint density at radius 3 is 2.80 bits per heavy atom. The Kier molecular flexibility index (Phi) is 3.56. The number of benzene rings is 1. The van der Waals surface area contributed by atoms with E-state index < -0.39 is 16.8 Å². The largest absolute Gasteiger partial charge is 0.488 e. The average Bonchev–Trinajstić information content (AvgIpc) is 2.15. The molecule has 6 heteroatoms. The third-order valence-electron chi connectivity index (χ3n) is 1.61. The maximum atomic E-state index is 13.1. The van der Waals surface area contributed by atoms with Crippen molar-refractivity contribution in [3.8, 4) is 5.75 Å². The smallest absolute Gasteiger partial charge is 0.272 e. The molecule has 0 spiro atoms. The molecule has 0 saturated heterocycles. The zero-order valence-corrected chi connectivity index (χ0v) is 8.01. The Morgan fingerprint density at radius 2 is 2.33 bits per heavy atom. The normalized spacial score (nSPS) is 12.2. The first-order chi connectivity index (χ1) is 7.00. The van der Waals surface area contributed by atoms with Crippen LogP contribution in [0.1, 0.15) is 6.92 Å². The van der Waals surface area contributed by atoms with Gasteiger partial charge in [0.25, 0.3) is 5.69 Å². The van der Waals surface area contributed by atoms with Gasteiger partial charge < -0.3 is 9.84 Å². The quantitative estimate of drug-likeness (QED) is 0.610. The van der Waals surface area contributed by atoms with Crippen LogP contribution in [-0.4, -0.2) is 22.7 Å². The molecule has 1 atom stereocenters. The van der Waals surface area contributed by atoms with Crippen molar-refractivity contribution < 1.29 is 19.2 Å². The maximum absolute atomic E-state index is 13.1. The van der Waals surface area contributed by atoms with Crippen LogP contribution >= 0.6 is 0 Å². The number of nitrogens with zero attached hydrogens (tertiary/aromatic N) is 1. The van der Waals surface area contributed by atoms with E-state index in [4.69, 9.17) is 9.84 Å². The standard InChI is InChI=1S/C9H10FNO4/c1-6(12)5-15-9-3-2-7(11(13)14)4-8(9)10/h2-4,6,12H,5H2,1H3/t6-/m0/s1. The van der Waals surface area contributed by atoms with Crippen molar-refractivity contribution in [3.05, 3.63) is 34.1 Å². The molecule has 1 N–H and O–H groups in total. The van der Waals surface area contributed by atoms with Crippen molar-refractivity contribution in [2.45, 2.75) is 13.0 Å². The fourth-order valence-corrected chi connectivity index (χ4v) is 0.931. The summed E-state index contributed by atoms with van der Waals surface area (Å²) >= 11 is 0. The van der Waals surface area contributed by atoms with Gasteiger partial charge in [0.1, 0.15) is 6.61 Å². The lowest BCUT2D eigenvalue weighted by atomic mass is 10.3. The Hall–Kier alpha value is -1.69. The fraction of sp³-hybridized carbons (Fsp3) is 0.333. The number of rotatable bonds is 4. The molecule has 0 aliphatic heterocycles. The third-order valence-corrected chi connectivity index (χ3v) is 1.61. The zero-order valence-electron chi connectivity index (χ0n) is 8.01. The molecule has 1 aromatic rings. The van der Waals surface area contributed by atoms with Gasteiger partial charge >= 0.3 is 0 Å². The van der Waals surface area contributed by atoms with E-state index in [1.54, 1.807) is 0 Å². The summed E-state index contributed by atoms with van der Waals surface area (Å²) in [5.74, 6) is -0.925. The van der Waals surface area contributed by atoms with Crippen LogP contribution in [0.3, 0.4) is 0 Å². The minimum atomic E-state index is -0.815. The van der Waals surface area contributed by atoms with Crippen LogP contribution < -0.4 is 4.74 Å². The summed E-state index contributed by atoms with van der Waals surface area (Å²) in [6, 6.07) is 3.08. The Bertz CT molecular complexity index is 367. The van der Waals surface area contributed by atoms with E-state index >= 15 is 0 Å². The van der Waals surface area contributed by atoms with Crippen molar-refractivity contribution in [1.29, 1.82) is 0 Å². The van der Waals surface area contributed by atoms with Gasteiger partial charge in [-0.1, -0.05) is 0 Å². The molecule has 0 saturated carbocycles. The molecule has 0 aliphatic rings. The first kappa shape index (κ1) is 11.4. The summed E-state index contributed by atoms with van der Waals surface area (Å²) in [7, 11) is 0. The van der Waals surface area contributed by atoms with E-state index in [-0.39, 0.29) is 18.0 Å². The number of non-ortho nitro benzene ring substituents is 1. The van der Waals surface area contributed by atoms with Crippen molar-refractivity contribution in [2.75, 3.05) is 6.61 Å². The number of nitro benzene ring substituents is 1. The third kappa shape index (κ3) is 3.17. The molecule has 1 rings (SSSR count). The van der Waals surface area contributed by atoms with E-state index in [0.29, 0.717) is 0 Å². The molecule has 0 radical (unpaired) electrons. The predicted molar refractivity (Wildman–Crippen MR) is 50.2 cm³/mol. The van der Waals surface area contributed by atoms with Gasteiger partial charge in [-0.3, -0.25) is 10.1 Å². The van der Waals surface area contributed by atoms with Gasteiger partial charge in [0.15, 0.2) is 11.6 Å². The molecule has 0 aromatic heterocycles. The van der Waals surface area contributed by atoms with Gasteiger partial charge in [-0.15, -0.1) is 0 Å². The lowest BCUT2D eigenvalue weighted by molar-refractivity contribution is -0.385. The zero-order chi connectivity index (χ0) is 11.4. The maximum Gasteiger partial charge on any atom is 0.272 e. The minimum absolute atomic E-state index is 0.0608. The van der Waals surface area contributed by atoms with E-state index in [1.807, 2.05) is 0 Å². The van der Waals surface area contributed by atoms with E-state index in [1.165, 1.54) is 6.92 Å². The molecule has 0 bridgehead atoms. The summed E-state index contributed by atoms with van der Waals surface area (Å²) in [5, 5.41) is 19.2. The van der Waals surface area contributed by atoms with Crippen LogP contribution in [0.2, 0.25) is 0 Å². The summed E-state index contributed by atoms with van der Waals surface area (Å²) in [6.07, 6.45) is -0.723. The number of nitro groups is 1. The van der Waals surface area contributed by atoms with Crippen LogP contribution in [0.5, 0.6) is 5.75 Å². The van der Waals surface area contributed by atoms with Crippen molar-refractivity contribution in [3.63, 3.8) is 0 Å². The number of ether oxygens (including phenoxy) is 1. The number of hydrogen-bond donors (Lipinski definition) is 1. The predicted octanol–water partition coefficient (Wildman–Crippen LogP) is 1.49. The van der Waals surface area contributed by atoms with Crippen molar-refractivity contribution >= 4 is 5.69 Å². The van der Waals surface area contributed by atoms with Crippen LogP contribution in [-0.2, 0) is 0 Å². The summed E-state index contributed by atoms with van der Waals surface area (Å²) in [5.41, 5.74) is -0.336. The second kappa shape index (κ2) is 4.70. The van der Waals surface area contributed by atoms with E-state index in [0.717, 1.165) is 18.2 Å². The first-order valence-electron chi connectivity index (χ1n) is 4.25. The molecule has 0 heterocycles. The molecule has 15 heavy (non-hydrogen) atoms. The minimum Gasteiger partial charge on any atom is -0.488 e. The van der Waals surface area contributed by atoms with Crippen molar-refractivity contribution in [1.82, 2.24) is 0 Å². The summed E-state index contributed by atoms with van der Waals surface area (Å²) in [6.45, 7) is 1.43. The molecular formula is C9H10FNO4. The molecule has 0 unspecified atom stereocenters. The molecule has 82 valence electrons. The Balaban J connectivity index is 2.79. The highest BCUT2D eigenvalue weighted by Crippen LogP contribution is 2.22. The highest BCUT2D eigenvalue weighted by atomic mass is 19.1. The lowest BCUT2D eigenvalue weighted by Crippen LogP contribution is -2.13. The molecule has 5 nitrogen and oxygen atoms in total. The molecule has 0 aliphatic carbocycles. The topological polar surface area (TPSA) is 72.6 Å². The van der Waals surface area contributed by atoms with E-state index in [2.05, 4.69) is 0 Å². The molecular weight excluding hydrogens is 205 g/mol. The SMILES string of the molecule is C[C@H](O)COc1ccc([N+](=O)[O-])cc1F.